The number of aromatic nitrogens is 3. The van der Waals surface area contributed by atoms with Crippen molar-refractivity contribution >= 4 is 5.91 Å². The van der Waals surface area contributed by atoms with Crippen molar-refractivity contribution in [2.45, 2.75) is 19.3 Å². The number of carbonyl (C=O) groups is 1. The van der Waals surface area contributed by atoms with Gasteiger partial charge in [-0.25, -0.2) is 4.39 Å². The van der Waals surface area contributed by atoms with E-state index in [2.05, 4.69) is 15.4 Å². The summed E-state index contributed by atoms with van der Waals surface area (Å²) in [5.74, 6) is -0.815. The van der Waals surface area contributed by atoms with Gasteiger partial charge in [0.1, 0.15) is 12.3 Å². The molecule has 0 aliphatic carbocycles. The summed E-state index contributed by atoms with van der Waals surface area (Å²) in [5, 5.41) is 5.78. The number of amides is 1. The van der Waals surface area contributed by atoms with Crippen LogP contribution in [0.5, 0.6) is 11.5 Å². The number of rotatable bonds is 6. The maximum absolute atomic E-state index is 14.1. The lowest BCUT2D eigenvalue weighted by atomic mass is 10.2. The molecule has 0 unspecified atom stereocenters. The molecule has 0 saturated heterocycles. The van der Waals surface area contributed by atoms with Crippen LogP contribution in [-0.2, 0) is 24.1 Å². The van der Waals surface area contributed by atoms with Crippen molar-refractivity contribution in [1.29, 1.82) is 0 Å². The summed E-state index contributed by atoms with van der Waals surface area (Å²) in [6.45, 7) is -0.392. The minimum Gasteiger partial charge on any atom is -0.453 e. The number of nitrogens with one attached hydrogen (secondary N) is 1. The summed E-state index contributed by atoms with van der Waals surface area (Å²) in [5.41, 5.74) is -0.618. The second-order valence-electron chi connectivity index (χ2n) is 5.73. The molecule has 6 nitrogen and oxygen atoms in total. The van der Waals surface area contributed by atoms with Crippen molar-refractivity contribution in [3.63, 3.8) is 0 Å². The summed E-state index contributed by atoms with van der Waals surface area (Å²) in [4.78, 5) is 15.7. The van der Waals surface area contributed by atoms with Crippen LogP contribution < -0.4 is 10.1 Å². The van der Waals surface area contributed by atoms with E-state index in [1.54, 1.807) is 24.4 Å². The van der Waals surface area contributed by atoms with Crippen LogP contribution in [-0.4, -0.2) is 20.7 Å². The van der Waals surface area contributed by atoms with Crippen LogP contribution in [0.4, 0.5) is 17.6 Å². The zero-order valence-electron chi connectivity index (χ0n) is 14.3. The molecule has 10 heteroatoms. The Balaban J connectivity index is 1.55. The van der Waals surface area contributed by atoms with Crippen LogP contribution in [0.15, 0.2) is 55.0 Å². The van der Waals surface area contributed by atoms with Gasteiger partial charge in [-0.05, 0) is 35.9 Å². The molecule has 0 atom stereocenters. The third-order valence-corrected chi connectivity index (χ3v) is 3.58. The Morgan fingerprint density at radius 3 is 2.68 bits per heavy atom. The van der Waals surface area contributed by atoms with Crippen LogP contribution in [0, 0.1) is 5.82 Å². The fourth-order valence-corrected chi connectivity index (χ4v) is 2.28. The molecule has 28 heavy (non-hydrogen) atoms. The highest BCUT2D eigenvalue weighted by Gasteiger charge is 2.33. The lowest BCUT2D eigenvalue weighted by molar-refractivity contribution is -0.141. The van der Waals surface area contributed by atoms with E-state index in [4.69, 9.17) is 4.74 Å². The number of alkyl halides is 3. The van der Waals surface area contributed by atoms with E-state index in [-0.39, 0.29) is 18.8 Å². The van der Waals surface area contributed by atoms with E-state index in [0.717, 1.165) is 16.9 Å². The lowest BCUT2D eigenvalue weighted by Crippen LogP contribution is -2.27. The van der Waals surface area contributed by atoms with Gasteiger partial charge in [-0.1, -0.05) is 6.07 Å². The Labute approximate surface area is 156 Å². The average molecular weight is 394 g/mol. The van der Waals surface area contributed by atoms with Gasteiger partial charge in [0.15, 0.2) is 17.3 Å². The van der Waals surface area contributed by atoms with Gasteiger partial charge >= 0.3 is 6.18 Å². The molecule has 3 rings (SSSR count). The molecule has 1 aromatic carbocycles. The smallest absolute Gasteiger partial charge is 0.435 e. The van der Waals surface area contributed by atoms with Crippen LogP contribution in [0.3, 0.4) is 0 Å². The van der Waals surface area contributed by atoms with E-state index in [1.165, 1.54) is 18.3 Å². The van der Waals surface area contributed by atoms with Crippen molar-refractivity contribution < 1.29 is 27.1 Å². The molecule has 0 radical (unpaired) electrons. The largest absolute Gasteiger partial charge is 0.453 e. The number of nitrogens with zero attached hydrogens (tertiary/aromatic N) is 3. The van der Waals surface area contributed by atoms with Crippen LogP contribution in [0.2, 0.25) is 0 Å². The van der Waals surface area contributed by atoms with Crippen LogP contribution in [0.1, 0.15) is 11.3 Å². The fraction of sp³-hybridized carbons (Fsp3) is 0.167. The van der Waals surface area contributed by atoms with Crippen molar-refractivity contribution in [2.75, 3.05) is 0 Å². The summed E-state index contributed by atoms with van der Waals surface area (Å²) >= 11 is 0. The first-order chi connectivity index (χ1) is 13.3. The number of hydrogen-bond donors (Lipinski definition) is 1. The average Bonchev–Trinajstić information content (AvgIpc) is 3.12. The Bertz CT molecular complexity index is 958. The van der Waals surface area contributed by atoms with Gasteiger partial charge in [-0.15, -0.1) is 0 Å². The van der Waals surface area contributed by atoms with Gasteiger partial charge in [0, 0.05) is 18.9 Å². The first kappa shape index (κ1) is 19.3. The lowest BCUT2D eigenvalue weighted by Gasteiger charge is -2.09. The molecule has 1 N–H and O–H groups in total. The van der Waals surface area contributed by atoms with Gasteiger partial charge in [-0.3, -0.25) is 14.5 Å². The number of ether oxygens (including phenoxy) is 1. The molecule has 2 aromatic heterocycles. The second kappa shape index (κ2) is 8.07. The molecular formula is C18H14F4N4O2. The van der Waals surface area contributed by atoms with E-state index >= 15 is 0 Å². The number of halogens is 4. The predicted molar refractivity (Wildman–Crippen MR) is 89.8 cm³/mol. The van der Waals surface area contributed by atoms with E-state index in [9.17, 15) is 22.4 Å². The van der Waals surface area contributed by atoms with E-state index in [0.29, 0.717) is 11.3 Å². The molecule has 2 heterocycles. The molecular weight excluding hydrogens is 380 g/mol. The number of pyridine rings is 1. The third kappa shape index (κ3) is 5.06. The Hall–Kier alpha value is -3.43. The summed E-state index contributed by atoms with van der Waals surface area (Å²) < 4.78 is 57.9. The molecule has 3 aromatic rings. The third-order valence-electron chi connectivity index (χ3n) is 3.58. The minimum absolute atomic E-state index is 0.000650. The molecule has 0 saturated carbocycles. The Kier molecular flexibility index (Phi) is 5.57. The number of carbonyl (C=O) groups excluding carboxylic acids is 1. The first-order valence-corrected chi connectivity index (χ1v) is 8.05. The van der Waals surface area contributed by atoms with E-state index in [1.807, 2.05) is 0 Å². The monoisotopic (exact) mass is 394 g/mol. The van der Waals surface area contributed by atoms with Gasteiger partial charge in [0.25, 0.3) is 0 Å². The normalized spacial score (nSPS) is 11.3. The number of hydrogen-bond acceptors (Lipinski definition) is 4. The van der Waals surface area contributed by atoms with Gasteiger partial charge in [0.05, 0.1) is 6.20 Å². The Morgan fingerprint density at radius 2 is 2.04 bits per heavy atom. The van der Waals surface area contributed by atoms with Crippen molar-refractivity contribution in [1.82, 2.24) is 20.1 Å². The molecule has 0 fully saturated rings. The topological polar surface area (TPSA) is 69.0 Å². The minimum atomic E-state index is -4.57. The Morgan fingerprint density at radius 1 is 1.21 bits per heavy atom. The molecule has 0 aliphatic heterocycles. The zero-order chi connectivity index (χ0) is 20.1. The summed E-state index contributed by atoms with van der Waals surface area (Å²) in [6, 6.07) is 8.22. The van der Waals surface area contributed by atoms with Gasteiger partial charge < -0.3 is 10.1 Å². The molecule has 146 valence electrons. The molecule has 0 bridgehead atoms. The van der Waals surface area contributed by atoms with Gasteiger partial charge in [0.2, 0.25) is 5.91 Å². The SMILES string of the molecule is O=C(Cn1ccc(C(F)(F)F)n1)NCc1ccc(Oc2cccnc2)c(F)c1. The highest BCUT2D eigenvalue weighted by atomic mass is 19.4. The fourth-order valence-electron chi connectivity index (χ4n) is 2.28. The van der Waals surface area contributed by atoms with Crippen molar-refractivity contribution in [3.8, 4) is 11.5 Å². The van der Waals surface area contributed by atoms with Gasteiger partial charge in [-0.2, -0.15) is 18.3 Å². The highest BCUT2D eigenvalue weighted by Crippen LogP contribution is 2.27. The zero-order valence-corrected chi connectivity index (χ0v) is 14.3. The maximum atomic E-state index is 14.1. The molecule has 0 spiro atoms. The standard InChI is InChI=1S/C18H14F4N4O2/c19-14-8-12(3-4-15(14)28-13-2-1-6-23-10-13)9-24-17(27)11-26-7-5-16(25-26)18(20,21)22/h1-8,10H,9,11H2,(H,24,27). The quantitative estimate of drug-likeness (QED) is 0.650. The van der Waals surface area contributed by atoms with Crippen LogP contribution >= 0.6 is 0 Å². The first-order valence-electron chi connectivity index (χ1n) is 8.05. The van der Waals surface area contributed by atoms with Crippen molar-refractivity contribution in [3.05, 3.63) is 72.1 Å². The van der Waals surface area contributed by atoms with E-state index < -0.39 is 23.6 Å². The highest BCUT2D eigenvalue weighted by molar-refractivity contribution is 5.75. The number of benzene rings is 1. The molecule has 1 amide bonds. The van der Waals surface area contributed by atoms with Crippen molar-refractivity contribution in [2.24, 2.45) is 0 Å². The molecule has 0 aliphatic rings. The second-order valence-corrected chi connectivity index (χ2v) is 5.73. The summed E-state index contributed by atoms with van der Waals surface area (Å²) in [6.07, 6.45) is -0.513. The van der Waals surface area contributed by atoms with Crippen LogP contribution in [0.25, 0.3) is 0 Å². The summed E-state index contributed by atoms with van der Waals surface area (Å²) in [7, 11) is 0. The maximum Gasteiger partial charge on any atom is 0.435 e. The predicted octanol–water partition coefficient (Wildman–Crippen LogP) is 3.54.